The van der Waals surface area contributed by atoms with Crippen LogP contribution in [0.25, 0.3) is 0 Å². The number of rotatable bonds is 4. The second kappa shape index (κ2) is 5.43. The maximum Gasteiger partial charge on any atom is 0.264 e. The minimum Gasteiger partial charge on any atom is -0.329 e. The average molecular weight is 337 g/mol. The van der Waals surface area contributed by atoms with Gasteiger partial charge in [-0.2, -0.15) is 0 Å². The Morgan fingerprint density at radius 3 is 2.79 bits per heavy atom. The number of hydrogen-bond acceptors (Lipinski definition) is 3. The van der Waals surface area contributed by atoms with Crippen molar-refractivity contribution in [1.29, 1.82) is 0 Å². The highest BCUT2D eigenvalue weighted by atomic mass is 79.9. The van der Waals surface area contributed by atoms with E-state index in [1.807, 2.05) is 35.2 Å². The molecule has 19 heavy (non-hydrogen) atoms. The molecule has 0 bridgehead atoms. The van der Waals surface area contributed by atoms with Crippen LogP contribution in [0.2, 0.25) is 0 Å². The number of thiophene rings is 1. The first-order valence-electron chi connectivity index (χ1n) is 6.20. The van der Waals surface area contributed by atoms with Crippen molar-refractivity contribution in [2.75, 3.05) is 0 Å². The van der Waals surface area contributed by atoms with Crippen molar-refractivity contribution < 1.29 is 4.79 Å². The summed E-state index contributed by atoms with van der Waals surface area (Å²) < 4.78 is 0.990. The smallest absolute Gasteiger partial charge is 0.264 e. The highest BCUT2D eigenvalue weighted by molar-refractivity contribution is 9.11. The average Bonchev–Trinajstić information content (AvgIpc) is 3.18. The second-order valence-corrected chi connectivity index (χ2v) is 7.05. The summed E-state index contributed by atoms with van der Waals surface area (Å²) in [5.74, 6) is 0.115. The van der Waals surface area contributed by atoms with E-state index in [4.69, 9.17) is 0 Å². The molecule has 3 nitrogen and oxygen atoms in total. The largest absolute Gasteiger partial charge is 0.329 e. The van der Waals surface area contributed by atoms with E-state index in [9.17, 15) is 4.79 Å². The van der Waals surface area contributed by atoms with Crippen LogP contribution in [0.15, 0.2) is 40.3 Å². The first kappa shape index (κ1) is 12.8. The van der Waals surface area contributed by atoms with Gasteiger partial charge in [-0.3, -0.25) is 9.78 Å². The van der Waals surface area contributed by atoms with Crippen LogP contribution in [-0.2, 0) is 6.54 Å². The number of aromatic nitrogens is 1. The van der Waals surface area contributed by atoms with Gasteiger partial charge in [-0.05, 0) is 53.0 Å². The van der Waals surface area contributed by atoms with Gasteiger partial charge in [0.1, 0.15) is 0 Å². The highest BCUT2D eigenvalue weighted by Crippen LogP contribution is 2.31. The summed E-state index contributed by atoms with van der Waals surface area (Å²) in [5.41, 5.74) is 0.943. The lowest BCUT2D eigenvalue weighted by Crippen LogP contribution is -2.32. The fourth-order valence-electron chi connectivity index (χ4n) is 1.99. The molecule has 2 aromatic rings. The van der Waals surface area contributed by atoms with Gasteiger partial charge in [-0.25, -0.2) is 0 Å². The minimum absolute atomic E-state index is 0.115. The van der Waals surface area contributed by atoms with Gasteiger partial charge in [0.2, 0.25) is 0 Å². The normalized spacial score (nSPS) is 14.4. The lowest BCUT2D eigenvalue weighted by atomic mass is 10.3. The van der Waals surface area contributed by atoms with E-state index in [1.54, 1.807) is 6.20 Å². The molecule has 0 atom stereocenters. The van der Waals surface area contributed by atoms with Crippen LogP contribution in [0.3, 0.4) is 0 Å². The van der Waals surface area contributed by atoms with Crippen LogP contribution >= 0.6 is 27.3 Å². The van der Waals surface area contributed by atoms with Gasteiger partial charge >= 0.3 is 0 Å². The first-order valence-corrected chi connectivity index (χ1v) is 7.81. The highest BCUT2D eigenvalue weighted by Gasteiger charge is 2.33. The number of carbonyl (C=O) groups is 1. The van der Waals surface area contributed by atoms with Crippen LogP contribution in [0.4, 0.5) is 0 Å². The zero-order valence-electron chi connectivity index (χ0n) is 10.3. The lowest BCUT2D eigenvalue weighted by molar-refractivity contribution is 0.0732. The molecule has 0 spiro atoms. The Kier molecular flexibility index (Phi) is 3.66. The van der Waals surface area contributed by atoms with E-state index in [0.29, 0.717) is 12.6 Å². The zero-order valence-corrected chi connectivity index (χ0v) is 12.7. The summed E-state index contributed by atoms with van der Waals surface area (Å²) in [6.45, 7) is 0.597. The predicted molar refractivity (Wildman–Crippen MR) is 79.2 cm³/mol. The molecule has 2 aromatic heterocycles. The van der Waals surface area contributed by atoms with Crippen molar-refractivity contribution in [3.8, 4) is 0 Å². The van der Waals surface area contributed by atoms with E-state index in [0.717, 1.165) is 27.2 Å². The molecule has 1 amide bonds. The Balaban J connectivity index is 1.79. The number of hydrogen-bond donors (Lipinski definition) is 0. The van der Waals surface area contributed by atoms with Crippen molar-refractivity contribution >= 4 is 33.2 Å². The van der Waals surface area contributed by atoms with E-state index in [-0.39, 0.29) is 5.91 Å². The zero-order chi connectivity index (χ0) is 13.2. The standard InChI is InChI=1S/C14H13BrN2OS/c15-13-7-6-12(19-13)14(18)17(11-4-5-11)9-10-3-1-2-8-16-10/h1-3,6-8,11H,4-5,9H2. The van der Waals surface area contributed by atoms with Crippen molar-refractivity contribution in [2.24, 2.45) is 0 Å². The summed E-state index contributed by atoms with van der Waals surface area (Å²) in [7, 11) is 0. The third-order valence-corrected chi connectivity index (χ3v) is 4.70. The van der Waals surface area contributed by atoms with Crippen LogP contribution in [0.5, 0.6) is 0 Å². The molecule has 0 aromatic carbocycles. The summed E-state index contributed by atoms with van der Waals surface area (Å²) in [6.07, 6.45) is 3.98. The Bertz CT molecular complexity index is 580. The molecular weight excluding hydrogens is 324 g/mol. The van der Waals surface area contributed by atoms with E-state index in [1.165, 1.54) is 11.3 Å². The maximum absolute atomic E-state index is 12.5. The minimum atomic E-state index is 0.115. The van der Waals surface area contributed by atoms with Crippen molar-refractivity contribution in [3.63, 3.8) is 0 Å². The summed E-state index contributed by atoms with van der Waals surface area (Å²) in [4.78, 5) is 19.6. The summed E-state index contributed by atoms with van der Waals surface area (Å²) in [6, 6.07) is 10.0. The van der Waals surface area contributed by atoms with Crippen LogP contribution in [0.1, 0.15) is 28.2 Å². The molecule has 98 valence electrons. The van der Waals surface area contributed by atoms with Gasteiger partial charge in [-0.1, -0.05) is 6.07 Å². The van der Waals surface area contributed by atoms with Gasteiger partial charge < -0.3 is 4.90 Å². The van der Waals surface area contributed by atoms with Crippen LogP contribution in [-0.4, -0.2) is 21.8 Å². The molecule has 0 N–H and O–H groups in total. The summed E-state index contributed by atoms with van der Waals surface area (Å²) in [5, 5.41) is 0. The van der Waals surface area contributed by atoms with Crippen molar-refractivity contribution in [1.82, 2.24) is 9.88 Å². The Morgan fingerprint density at radius 2 is 2.21 bits per heavy atom. The molecule has 1 saturated carbocycles. The molecule has 0 radical (unpaired) electrons. The number of carbonyl (C=O) groups excluding carboxylic acids is 1. The molecule has 2 heterocycles. The fraction of sp³-hybridized carbons (Fsp3) is 0.286. The molecule has 5 heteroatoms. The van der Waals surface area contributed by atoms with Crippen LogP contribution < -0.4 is 0 Å². The number of amides is 1. The molecule has 0 aliphatic heterocycles. The number of halogens is 1. The molecule has 1 aliphatic carbocycles. The molecule has 1 fully saturated rings. The molecular formula is C14H13BrN2OS. The Hall–Kier alpha value is -1.20. The van der Waals surface area contributed by atoms with Crippen LogP contribution in [0, 0.1) is 0 Å². The van der Waals surface area contributed by atoms with Gasteiger partial charge in [0.15, 0.2) is 0 Å². The molecule has 3 rings (SSSR count). The third-order valence-electron chi connectivity index (χ3n) is 3.09. The third kappa shape index (κ3) is 3.04. The maximum atomic E-state index is 12.5. The first-order chi connectivity index (χ1) is 9.24. The molecule has 0 saturated heterocycles. The Labute approximate surface area is 124 Å². The second-order valence-electron chi connectivity index (χ2n) is 4.59. The SMILES string of the molecule is O=C(c1ccc(Br)s1)N(Cc1ccccn1)C1CC1. The lowest BCUT2D eigenvalue weighted by Gasteiger charge is -2.21. The van der Waals surface area contributed by atoms with Gasteiger partial charge in [0, 0.05) is 12.2 Å². The fourth-order valence-corrected chi connectivity index (χ4v) is 3.33. The summed E-state index contributed by atoms with van der Waals surface area (Å²) >= 11 is 4.89. The number of pyridine rings is 1. The van der Waals surface area contributed by atoms with Gasteiger partial charge in [-0.15, -0.1) is 11.3 Å². The quantitative estimate of drug-likeness (QED) is 0.852. The van der Waals surface area contributed by atoms with Gasteiger partial charge in [0.05, 0.1) is 20.9 Å². The Morgan fingerprint density at radius 1 is 1.37 bits per heavy atom. The van der Waals surface area contributed by atoms with E-state index >= 15 is 0 Å². The van der Waals surface area contributed by atoms with E-state index in [2.05, 4.69) is 20.9 Å². The van der Waals surface area contributed by atoms with E-state index < -0.39 is 0 Å². The predicted octanol–water partition coefficient (Wildman–Crippen LogP) is 3.71. The molecule has 1 aliphatic rings. The van der Waals surface area contributed by atoms with Crippen molar-refractivity contribution in [2.45, 2.75) is 25.4 Å². The number of nitrogens with zero attached hydrogens (tertiary/aromatic N) is 2. The van der Waals surface area contributed by atoms with Crippen molar-refractivity contribution in [3.05, 3.63) is 50.9 Å². The topological polar surface area (TPSA) is 33.2 Å². The monoisotopic (exact) mass is 336 g/mol. The molecule has 0 unspecified atom stereocenters. The van der Waals surface area contributed by atoms with Gasteiger partial charge in [0.25, 0.3) is 5.91 Å².